The summed E-state index contributed by atoms with van der Waals surface area (Å²) in [4.78, 5) is 3.94. The van der Waals surface area contributed by atoms with E-state index in [0.717, 1.165) is 6.42 Å². The molecule has 0 aliphatic rings. The van der Waals surface area contributed by atoms with Crippen molar-refractivity contribution in [3.8, 4) is 0 Å². The first kappa shape index (κ1) is 9.88. The predicted molar refractivity (Wildman–Crippen MR) is 49.1 cm³/mol. The molecule has 0 aromatic carbocycles. The number of allylic oxidation sites excluding steroid dienone is 1. The van der Waals surface area contributed by atoms with Gasteiger partial charge in [-0.2, -0.15) is 0 Å². The molecule has 11 heavy (non-hydrogen) atoms. The van der Waals surface area contributed by atoms with Crippen LogP contribution in [-0.2, 0) is 0 Å². The Bertz CT molecular complexity index is 180. The smallest absolute Gasteiger partial charge is 0.0950 e. The topological polar surface area (TPSA) is 48.2 Å². The van der Waals surface area contributed by atoms with Crippen LogP contribution >= 0.6 is 0 Å². The summed E-state index contributed by atoms with van der Waals surface area (Å²) in [7, 11) is 0. The molecule has 0 radical (unpaired) electrons. The molecule has 0 aliphatic carbocycles. The van der Waals surface area contributed by atoms with E-state index in [0.29, 0.717) is 5.84 Å². The highest BCUT2D eigenvalue weighted by Crippen LogP contribution is 1.96. The summed E-state index contributed by atoms with van der Waals surface area (Å²) < 4.78 is 0. The molecule has 0 aromatic heterocycles. The Balaban J connectivity index is 3.67. The first-order valence-electron chi connectivity index (χ1n) is 3.65. The van der Waals surface area contributed by atoms with Crippen LogP contribution in [0.3, 0.4) is 0 Å². The molecule has 0 aromatic rings. The van der Waals surface area contributed by atoms with Gasteiger partial charge in [0.15, 0.2) is 0 Å². The van der Waals surface area contributed by atoms with E-state index in [-0.39, 0.29) is 0 Å². The molecule has 0 unspecified atom stereocenters. The standard InChI is InChI=1S/C8H15N3/c1-4-7(2)5-10-6-11-8(3)9/h5-6H,4H2,1-3H3,(H2,9,10,11)/b7-5+. The Morgan fingerprint density at radius 3 is 2.64 bits per heavy atom. The first-order valence-corrected chi connectivity index (χ1v) is 3.65. The van der Waals surface area contributed by atoms with E-state index < -0.39 is 0 Å². The van der Waals surface area contributed by atoms with E-state index >= 15 is 0 Å². The van der Waals surface area contributed by atoms with Crippen LogP contribution in [0.15, 0.2) is 16.8 Å². The normalized spacial score (nSPS) is 12.1. The van der Waals surface area contributed by atoms with Crippen LogP contribution in [-0.4, -0.2) is 12.2 Å². The van der Waals surface area contributed by atoms with E-state index in [2.05, 4.69) is 17.2 Å². The maximum absolute atomic E-state index is 7.00. The van der Waals surface area contributed by atoms with E-state index in [1.165, 1.54) is 11.9 Å². The van der Waals surface area contributed by atoms with Crippen molar-refractivity contribution in [3.05, 3.63) is 11.8 Å². The van der Waals surface area contributed by atoms with Crippen LogP contribution < -0.4 is 5.32 Å². The van der Waals surface area contributed by atoms with Gasteiger partial charge in [0.1, 0.15) is 0 Å². The minimum Gasteiger partial charge on any atom is -0.335 e. The molecule has 0 spiro atoms. The minimum absolute atomic E-state index is 0.399. The molecule has 2 N–H and O–H groups in total. The Morgan fingerprint density at radius 2 is 2.18 bits per heavy atom. The summed E-state index contributed by atoms with van der Waals surface area (Å²) in [5.74, 6) is 0.399. The molecule has 0 saturated carbocycles. The zero-order chi connectivity index (χ0) is 8.69. The van der Waals surface area contributed by atoms with Gasteiger partial charge < -0.3 is 5.32 Å². The fourth-order valence-electron chi connectivity index (χ4n) is 0.390. The predicted octanol–water partition coefficient (Wildman–Crippen LogP) is 1.92. The van der Waals surface area contributed by atoms with Gasteiger partial charge in [-0.25, -0.2) is 4.99 Å². The van der Waals surface area contributed by atoms with Crippen LogP contribution in [0.4, 0.5) is 0 Å². The molecule has 3 nitrogen and oxygen atoms in total. The summed E-state index contributed by atoms with van der Waals surface area (Å²) in [6.07, 6.45) is 4.32. The average Bonchev–Trinajstić information content (AvgIpc) is 1.97. The van der Waals surface area contributed by atoms with Gasteiger partial charge >= 0.3 is 0 Å². The number of rotatable bonds is 3. The van der Waals surface area contributed by atoms with Gasteiger partial charge in [-0.15, -0.1) is 0 Å². The summed E-state index contributed by atoms with van der Waals surface area (Å²) in [6.45, 7) is 5.77. The summed E-state index contributed by atoms with van der Waals surface area (Å²) in [5.41, 5.74) is 1.23. The van der Waals surface area contributed by atoms with Crippen LogP contribution in [0.5, 0.6) is 0 Å². The average molecular weight is 153 g/mol. The van der Waals surface area contributed by atoms with E-state index in [1.807, 2.05) is 6.92 Å². The zero-order valence-corrected chi connectivity index (χ0v) is 7.31. The fourth-order valence-corrected chi connectivity index (χ4v) is 0.390. The number of amidine groups is 1. The second-order valence-electron chi connectivity index (χ2n) is 2.38. The summed E-state index contributed by atoms with van der Waals surface area (Å²) in [6, 6.07) is 0. The highest BCUT2D eigenvalue weighted by molar-refractivity contribution is 5.87. The Labute approximate surface area is 67.7 Å². The van der Waals surface area contributed by atoms with Crippen molar-refractivity contribution in [2.45, 2.75) is 27.2 Å². The highest BCUT2D eigenvalue weighted by atomic mass is 15.0. The molecule has 0 amide bonds. The lowest BCUT2D eigenvalue weighted by Crippen LogP contribution is -2.15. The maximum atomic E-state index is 7.00. The van der Waals surface area contributed by atoms with Gasteiger partial charge in [-0.05, 0) is 20.3 Å². The maximum Gasteiger partial charge on any atom is 0.0950 e. The van der Waals surface area contributed by atoms with Gasteiger partial charge in [-0.1, -0.05) is 12.5 Å². The first-order chi connectivity index (χ1) is 5.16. The van der Waals surface area contributed by atoms with E-state index in [4.69, 9.17) is 5.41 Å². The molecule has 0 bridgehead atoms. The molecule has 0 saturated heterocycles. The van der Waals surface area contributed by atoms with Gasteiger partial charge in [-0.3, -0.25) is 5.41 Å². The van der Waals surface area contributed by atoms with E-state index in [1.54, 1.807) is 13.1 Å². The minimum atomic E-state index is 0.399. The molecule has 0 aliphatic heterocycles. The van der Waals surface area contributed by atoms with Crippen molar-refractivity contribution in [2.24, 2.45) is 4.99 Å². The van der Waals surface area contributed by atoms with Gasteiger partial charge in [0.25, 0.3) is 0 Å². The van der Waals surface area contributed by atoms with Crippen molar-refractivity contribution in [2.75, 3.05) is 0 Å². The van der Waals surface area contributed by atoms with Crippen LogP contribution in [0.2, 0.25) is 0 Å². The third-order valence-electron chi connectivity index (χ3n) is 1.21. The number of hydrogen-bond acceptors (Lipinski definition) is 2. The van der Waals surface area contributed by atoms with Crippen molar-refractivity contribution in [1.82, 2.24) is 5.32 Å². The SMILES string of the molecule is CC/C(C)=C/N=CNC(C)=N. The second kappa shape index (κ2) is 5.65. The van der Waals surface area contributed by atoms with Gasteiger partial charge in [0, 0.05) is 6.20 Å². The van der Waals surface area contributed by atoms with Crippen LogP contribution in [0, 0.1) is 5.41 Å². The van der Waals surface area contributed by atoms with Crippen molar-refractivity contribution in [1.29, 1.82) is 5.41 Å². The van der Waals surface area contributed by atoms with Crippen molar-refractivity contribution in [3.63, 3.8) is 0 Å². The number of nitrogens with zero attached hydrogens (tertiary/aromatic N) is 1. The lowest BCUT2D eigenvalue weighted by molar-refractivity contribution is 1.09. The number of nitrogens with one attached hydrogen (secondary N) is 2. The lowest BCUT2D eigenvalue weighted by atomic mass is 10.3. The third-order valence-corrected chi connectivity index (χ3v) is 1.21. The monoisotopic (exact) mass is 153 g/mol. The molecular weight excluding hydrogens is 138 g/mol. The number of aliphatic imine (C=N–C) groups is 1. The summed E-state index contributed by atoms with van der Waals surface area (Å²) >= 11 is 0. The van der Waals surface area contributed by atoms with Crippen LogP contribution in [0.25, 0.3) is 0 Å². The highest BCUT2D eigenvalue weighted by Gasteiger charge is 1.79. The molecule has 0 heterocycles. The van der Waals surface area contributed by atoms with Crippen molar-refractivity contribution >= 4 is 12.2 Å². The summed E-state index contributed by atoms with van der Waals surface area (Å²) in [5, 5.41) is 9.67. The Kier molecular flexibility index (Phi) is 5.07. The largest absolute Gasteiger partial charge is 0.335 e. The molecule has 0 rings (SSSR count). The molecule has 0 atom stereocenters. The third kappa shape index (κ3) is 6.77. The van der Waals surface area contributed by atoms with Gasteiger partial charge in [0.05, 0.1) is 12.2 Å². The second-order valence-corrected chi connectivity index (χ2v) is 2.38. The molecular formula is C8H15N3. The quantitative estimate of drug-likeness (QED) is 0.472. The van der Waals surface area contributed by atoms with Gasteiger partial charge in [0.2, 0.25) is 0 Å². The van der Waals surface area contributed by atoms with E-state index in [9.17, 15) is 0 Å². The molecule has 62 valence electrons. The molecule has 0 fully saturated rings. The number of hydrogen-bond donors (Lipinski definition) is 2. The van der Waals surface area contributed by atoms with Crippen molar-refractivity contribution < 1.29 is 0 Å². The van der Waals surface area contributed by atoms with Crippen LogP contribution in [0.1, 0.15) is 27.2 Å². The Hall–Kier alpha value is -1.12. The molecule has 3 heteroatoms. The Morgan fingerprint density at radius 1 is 1.55 bits per heavy atom. The fraction of sp³-hybridized carbons (Fsp3) is 0.500. The zero-order valence-electron chi connectivity index (χ0n) is 7.31. The lowest BCUT2D eigenvalue weighted by Gasteiger charge is -1.92.